The lowest BCUT2D eigenvalue weighted by Crippen LogP contribution is -2.43. The lowest BCUT2D eigenvalue weighted by molar-refractivity contribution is -0.133. The molecule has 1 fully saturated rings. The van der Waals surface area contributed by atoms with Crippen LogP contribution in [0.5, 0.6) is 0 Å². The van der Waals surface area contributed by atoms with Crippen LogP contribution in [-0.4, -0.2) is 56.9 Å². The van der Waals surface area contributed by atoms with Crippen molar-refractivity contribution in [3.63, 3.8) is 0 Å². The highest BCUT2D eigenvalue weighted by Gasteiger charge is 2.36. The lowest BCUT2D eigenvalue weighted by atomic mass is 10.2. The van der Waals surface area contributed by atoms with Crippen molar-refractivity contribution in [3.8, 4) is 0 Å². The van der Waals surface area contributed by atoms with E-state index in [1.54, 1.807) is 4.90 Å². The number of carbonyl (C=O) groups excluding carboxylic acids is 1. The van der Waals surface area contributed by atoms with Gasteiger partial charge in [0.15, 0.2) is 0 Å². The summed E-state index contributed by atoms with van der Waals surface area (Å²) in [7, 11) is -1.18. The summed E-state index contributed by atoms with van der Waals surface area (Å²) in [5.74, 6) is 0.144. The summed E-state index contributed by atoms with van der Waals surface area (Å²) in [6.45, 7) is 2.64. The zero-order chi connectivity index (χ0) is 13.8. The quantitative estimate of drug-likeness (QED) is 0.652. The van der Waals surface area contributed by atoms with Crippen molar-refractivity contribution in [1.29, 1.82) is 0 Å². The molecule has 0 saturated heterocycles. The molecule has 0 aliphatic heterocycles. The summed E-state index contributed by atoms with van der Waals surface area (Å²) < 4.78 is 22.6. The van der Waals surface area contributed by atoms with Gasteiger partial charge in [-0.3, -0.25) is 4.79 Å². The standard InChI is InChI=1S/C12H24N2O3S/c1-10(9-18(3,16)17)14(11-6-7-11)12(15)5-4-8-13-2/h10-11,13H,4-9H2,1-3H3. The smallest absolute Gasteiger partial charge is 0.223 e. The maximum Gasteiger partial charge on any atom is 0.223 e. The predicted octanol–water partition coefficient (Wildman–Crippen LogP) is 0.410. The number of hydrogen-bond donors (Lipinski definition) is 1. The molecular weight excluding hydrogens is 252 g/mol. The minimum atomic E-state index is -3.04. The lowest BCUT2D eigenvalue weighted by Gasteiger charge is -2.29. The van der Waals surface area contributed by atoms with Crippen LogP contribution in [0.4, 0.5) is 0 Å². The zero-order valence-corrected chi connectivity index (χ0v) is 12.3. The van der Waals surface area contributed by atoms with Gasteiger partial charge in [0.2, 0.25) is 5.91 Å². The van der Waals surface area contributed by atoms with E-state index in [2.05, 4.69) is 5.32 Å². The highest BCUT2D eigenvalue weighted by molar-refractivity contribution is 7.90. The van der Waals surface area contributed by atoms with E-state index in [1.165, 1.54) is 6.26 Å². The largest absolute Gasteiger partial charge is 0.336 e. The van der Waals surface area contributed by atoms with Gasteiger partial charge < -0.3 is 10.2 Å². The molecular formula is C12H24N2O3S. The molecule has 1 rings (SSSR count). The Morgan fingerprint density at radius 2 is 2.06 bits per heavy atom. The van der Waals surface area contributed by atoms with E-state index in [1.807, 2.05) is 14.0 Å². The van der Waals surface area contributed by atoms with Crippen molar-refractivity contribution in [2.45, 2.75) is 44.7 Å². The van der Waals surface area contributed by atoms with E-state index in [0.29, 0.717) is 6.42 Å². The highest BCUT2D eigenvalue weighted by Crippen LogP contribution is 2.29. The van der Waals surface area contributed by atoms with Gasteiger partial charge in [-0.25, -0.2) is 8.42 Å². The SMILES string of the molecule is CNCCCC(=O)N(C(C)CS(C)(=O)=O)C1CC1. The van der Waals surface area contributed by atoms with Crippen molar-refractivity contribution in [3.05, 3.63) is 0 Å². The van der Waals surface area contributed by atoms with E-state index in [4.69, 9.17) is 0 Å². The molecule has 6 heteroatoms. The van der Waals surface area contributed by atoms with Crippen LogP contribution in [0.25, 0.3) is 0 Å². The Morgan fingerprint density at radius 3 is 2.50 bits per heavy atom. The number of nitrogens with zero attached hydrogens (tertiary/aromatic N) is 1. The first-order chi connectivity index (χ1) is 8.35. The fourth-order valence-corrected chi connectivity index (χ4v) is 3.26. The minimum Gasteiger partial charge on any atom is -0.336 e. The maximum absolute atomic E-state index is 12.1. The van der Waals surface area contributed by atoms with Crippen LogP contribution in [0.2, 0.25) is 0 Å². The molecule has 1 atom stereocenters. The van der Waals surface area contributed by atoms with Crippen molar-refractivity contribution < 1.29 is 13.2 Å². The van der Waals surface area contributed by atoms with E-state index in [0.717, 1.165) is 25.8 Å². The molecule has 0 aromatic carbocycles. The molecule has 1 aliphatic carbocycles. The summed E-state index contributed by atoms with van der Waals surface area (Å²) in [5, 5.41) is 3.01. The number of sulfone groups is 1. The van der Waals surface area contributed by atoms with Crippen molar-refractivity contribution in [2.75, 3.05) is 25.6 Å². The van der Waals surface area contributed by atoms with Gasteiger partial charge in [0, 0.05) is 24.8 Å². The fraction of sp³-hybridized carbons (Fsp3) is 0.917. The first-order valence-electron chi connectivity index (χ1n) is 6.48. The molecule has 1 aliphatic rings. The molecule has 1 unspecified atom stereocenters. The second-order valence-electron chi connectivity index (χ2n) is 5.18. The van der Waals surface area contributed by atoms with E-state index >= 15 is 0 Å². The number of amides is 1. The Kier molecular flexibility index (Phi) is 5.59. The van der Waals surface area contributed by atoms with Gasteiger partial charge in [0.25, 0.3) is 0 Å². The van der Waals surface area contributed by atoms with E-state index in [-0.39, 0.29) is 23.7 Å². The molecule has 0 radical (unpaired) electrons. The summed E-state index contributed by atoms with van der Waals surface area (Å²) in [4.78, 5) is 13.9. The van der Waals surface area contributed by atoms with Gasteiger partial charge in [-0.2, -0.15) is 0 Å². The van der Waals surface area contributed by atoms with Crippen LogP contribution in [-0.2, 0) is 14.6 Å². The van der Waals surface area contributed by atoms with Crippen LogP contribution in [0, 0.1) is 0 Å². The van der Waals surface area contributed by atoms with Crippen LogP contribution in [0.1, 0.15) is 32.6 Å². The van der Waals surface area contributed by atoms with Crippen LogP contribution in [0.15, 0.2) is 0 Å². The van der Waals surface area contributed by atoms with Gasteiger partial charge in [-0.1, -0.05) is 0 Å². The van der Waals surface area contributed by atoms with Crippen LogP contribution < -0.4 is 5.32 Å². The van der Waals surface area contributed by atoms with Gasteiger partial charge in [-0.15, -0.1) is 0 Å². The molecule has 106 valence electrons. The molecule has 0 aromatic rings. The number of nitrogens with one attached hydrogen (secondary N) is 1. The molecule has 0 heterocycles. The van der Waals surface area contributed by atoms with Gasteiger partial charge in [-0.05, 0) is 39.8 Å². The molecule has 0 bridgehead atoms. The van der Waals surface area contributed by atoms with Crippen molar-refractivity contribution in [1.82, 2.24) is 10.2 Å². The number of rotatable bonds is 8. The first kappa shape index (κ1) is 15.4. The molecule has 1 saturated carbocycles. The summed E-state index contributed by atoms with van der Waals surface area (Å²) in [6.07, 6.45) is 4.52. The summed E-state index contributed by atoms with van der Waals surface area (Å²) in [5.41, 5.74) is 0. The molecule has 5 nitrogen and oxygen atoms in total. The fourth-order valence-electron chi connectivity index (χ4n) is 2.23. The second kappa shape index (κ2) is 6.52. The Morgan fingerprint density at radius 1 is 1.44 bits per heavy atom. The predicted molar refractivity (Wildman–Crippen MR) is 72.2 cm³/mol. The third-order valence-electron chi connectivity index (χ3n) is 3.06. The summed E-state index contributed by atoms with van der Waals surface area (Å²) >= 11 is 0. The van der Waals surface area contributed by atoms with E-state index in [9.17, 15) is 13.2 Å². The molecule has 0 aromatic heterocycles. The molecule has 1 N–H and O–H groups in total. The average Bonchev–Trinajstić information content (AvgIpc) is 2.99. The highest BCUT2D eigenvalue weighted by atomic mass is 32.2. The number of hydrogen-bond acceptors (Lipinski definition) is 4. The van der Waals surface area contributed by atoms with Crippen molar-refractivity contribution in [2.24, 2.45) is 0 Å². The monoisotopic (exact) mass is 276 g/mol. The number of carbonyl (C=O) groups is 1. The third kappa shape index (κ3) is 5.35. The van der Waals surface area contributed by atoms with E-state index < -0.39 is 9.84 Å². The average molecular weight is 276 g/mol. The van der Waals surface area contributed by atoms with Gasteiger partial charge >= 0.3 is 0 Å². The normalized spacial score (nSPS) is 17.5. The van der Waals surface area contributed by atoms with Crippen molar-refractivity contribution >= 4 is 15.7 Å². The minimum absolute atomic E-state index is 0.0568. The van der Waals surface area contributed by atoms with Gasteiger partial charge in [0.1, 0.15) is 9.84 Å². The maximum atomic E-state index is 12.1. The molecule has 18 heavy (non-hydrogen) atoms. The topological polar surface area (TPSA) is 66.5 Å². The van der Waals surface area contributed by atoms with Crippen LogP contribution >= 0.6 is 0 Å². The first-order valence-corrected chi connectivity index (χ1v) is 8.54. The Bertz CT molecular complexity index is 377. The Labute approximate surface area is 110 Å². The third-order valence-corrected chi connectivity index (χ3v) is 4.15. The molecule has 1 amide bonds. The second-order valence-corrected chi connectivity index (χ2v) is 7.37. The van der Waals surface area contributed by atoms with Gasteiger partial charge in [0.05, 0.1) is 5.75 Å². The molecule has 0 spiro atoms. The zero-order valence-electron chi connectivity index (χ0n) is 11.5. The Hall–Kier alpha value is -0.620. The Balaban J connectivity index is 2.56. The van der Waals surface area contributed by atoms with Crippen LogP contribution in [0.3, 0.4) is 0 Å². The summed E-state index contributed by atoms with van der Waals surface area (Å²) in [6, 6.07) is 0.0541.